The van der Waals surface area contributed by atoms with Crippen LogP contribution in [0, 0.1) is 11.3 Å². The Labute approximate surface area is 108 Å². The average Bonchev–Trinajstić information content (AvgIpc) is 2.88. The lowest BCUT2D eigenvalue weighted by molar-refractivity contribution is 0.0532. The first-order valence-electron chi connectivity index (χ1n) is 5.37. The third-order valence-electron chi connectivity index (χ3n) is 2.29. The summed E-state index contributed by atoms with van der Waals surface area (Å²) in [4.78, 5) is 16.9. The van der Waals surface area contributed by atoms with Crippen LogP contribution >= 0.6 is 11.3 Å². The predicted octanol–water partition coefficient (Wildman–Crippen LogP) is 2.86. The van der Waals surface area contributed by atoms with Crippen molar-refractivity contribution >= 4 is 17.3 Å². The quantitative estimate of drug-likeness (QED) is 0.794. The Kier molecular flexibility index (Phi) is 3.70. The number of carbonyl (C=O) groups is 1. The highest BCUT2D eigenvalue weighted by molar-refractivity contribution is 7.17. The second-order valence-electron chi connectivity index (χ2n) is 3.42. The van der Waals surface area contributed by atoms with Crippen LogP contribution in [0.1, 0.15) is 22.2 Å². The highest BCUT2D eigenvalue weighted by atomic mass is 32.1. The minimum atomic E-state index is -0.332. The van der Waals surface area contributed by atoms with Gasteiger partial charge in [-0.05, 0) is 25.1 Å². The van der Waals surface area contributed by atoms with Crippen LogP contribution in [0.2, 0.25) is 0 Å². The van der Waals surface area contributed by atoms with Crippen molar-refractivity contribution in [3.63, 3.8) is 0 Å². The fraction of sp³-hybridized carbons (Fsp3) is 0.154. The van der Waals surface area contributed by atoms with Crippen molar-refractivity contribution in [2.75, 3.05) is 6.61 Å². The number of hydrogen-bond acceptors (Lipinski definition) is 5. The molecule has 0 bridgehead atoms. The molecule has 0 aliphatic rings. The number of hydrogen-bond donors (Lipinski definition) is 0. The van der Waals surface area contributed by atoms with E-state index in [0.29, 0.717) is 17.0 Å². The van der Waals surface area contributed by atoms with Crippen molar-refractivity contribution in [2.45, 2.75) is 6.92 Å². The summed E-state index contributed by atoms with van der Waals surface area (Å²) in [6.45, 7) is 2.12. The molecule has 0 fully saturated rings. The molecule has 4 nitrogen and oxygen atoms in total. The summed E-state index contributed by atoms with van der Waals surface area (Å²) >= 11 is 1.31. The van der Waals surface area contributed by atoms with E-state index in [1.807, 2.05) is 6.07 Å². The van der Waals surface area contributed by atoms with E-state index in [4.69, 9.17) is 10.00 Å². The molecule has 0 saturated heterocycles. The second-order valence-corrected chi connectivity index (χ2v) is 4.50. The topological polar surface area (TPSA) is 63.0 Å². The molecule has 0 spiro atoms. The van der Waals surface area contributed by atoms with E-state index in [0.717, 1.165) is 10.4 Å². The second kappa shape index (κ2) is 5.43. The smallest absolute Gasteiger partial charge is 0.348 e. The average molecular weight is 258 g/mol. The van der Waals surface area contributed by atoms with E-state index >= 15 is 0 Å². The molecule has 0 aromatic carbocycles. The fourth-order valence-electron chi connectivity index (χ4n) is 1.49. The minimum absolute atomic E-state index is 0.332. The molecule has 2 heterocycles. The summed E-state index contributed by atoms with van der Waals surface area (Å²) in [5, 5.41) is 9.00. The van der Waals surface area contributed by atoms with Crippen molar-refractivity contribution < 1.29 is 9.53 Å². The number of carbonyl (C=O) groups excluding carboxylic acids is 1. The van der Waals surface area contributed by atoms with Crippen LogP contribution in [0.15, 0.2) is 30.6 Å². The SMILES string of the molecule is CCOC(=O)c1ccc(-c2ccncc2C#N)s1. The lowest BCUT2D eigenvalue weighted by atomic mass is 10.1. The predicted molar refractivity (Wildman–Crippen MR) is 68.2 cm³/mol. The van der Waals surface area contributed by atoms with Gasteiger partial charge in [-0.15, -0.1) is 11.3 Å². The van der Waals surface area contributed by atoms with Crippen LogP contribution in [-0.2, 0) is 4.74 Å². The molecule has 90 valence electrons. The molecule has 18 heavy (non-hydrogen) atoms. The number of aromatic nitrogens is 1. The number of thiophene rings is 1. The van der Waals surface area contributed by atoms with Gasteiger partial charge in [-0.3, -0.25) is 4.98 Å². The van der Waals surface area contributed by atoms with Gasteiger partial charge < -0.3 is 4.74 Å². The van der Waals surface area contributed by atoms with Crippen molar-refractivity contribution in [3.8, 4) is 16.5 Å². The Balaban J connectivity index is 2.36. The van der Waals surface area contributed by atoms with Gasteiger partial charge in [-0.2, -0.15) is 5.26 Å². The highest BCUT2D eigenvalue weighted by Crippen LogP contribution is 2.30. The van der Waals surface area contributed by atoms with Crippen molar-refractivity contribution in [2.24, 2.45) is 0 Å². The molecule has 5 heteroatoms. The van der Waals surface area contributed by atoms with Crippen LogP contribution in [0.3, 0.4) is 0 Å². The summed E-state index contributed by atoms with van der Waals surface area (Å²) in [7, 11) is 0. The maximum atomic E-state index is 11.6. The number of nitriles is 1. The van der Waals surface area contributed by atoms with Gasteiger partial charge in [0, 0.05) is 22.8 Å². The van der Waals surface area contributed by atoms with E-state index in [1.165, 1.54) is 17.5 Å². The molecule has 0 aliphatic heterocycles. The summed E-state index contributed by atoms with van der Waals surface area (Å²) in [6.07, 6.45) is 3.14. The molecule has 0 amide bonds. The first-order chi connectivity index (χ1) is 8.76. The van der Waals surface area contributed by atoms with Gasteiger partial charge in [0.05, 0.1) is 12.2 Å². The van der Waals surface area contributed by atoms with Gasteiger partial charge in [0.25, 0.3) is 0 Å². The van der Waals surface area contributed by atoms with Crippen LogP contribution in [0.4, 0.5) is 0 Å². The Bertz CT molecular complexity index is 613. The van der Waals surface area contributed by atoms with Crippen molar-refractivity contribution in [1.29, 1.82) is 5.26 Å². The van der Waals surface area contributed by atoms with Gasteiger partial charge in [0.15, 0.2) is 0 Å². The third-order valence-corrected chi connectivity index (χ3v) is 3.39. The monoisotopic (exact) mass is 258 g/mol. The minimum Gasteiger partial charge on any atom is -0.462 e. The Morgan fingerprint density at radius 1 is 1.50 bits per heavy atom. The maximum absolute atomic E-state index is 11.6. The largest absolute Gasteiger partial charge is 0.462 e. The van der Waals surface area contributed by atoms with E-state index in [-0.39, 0.29) is 5.97 Å². The summed E-state index contributed by atoms with van der Waals surface area (Å²) in [6, 6.07) is 7.37. The molecule has 0 unspecified atom stereocenters. The van der Waals surface area contributed by atoms with E-state index < -0.39 is 0 Å². The van der Waals surface area contributed by atoms with Gasteiger partial charge in [-0.1, -0.05) is 0 Å². The van der Waals surface area contributed by atoms with Crippen LogP contribution in [0.25, 0.3) is 10.4 Å². The normalized spacial score (nSPS) is 9.78. The Hall–Kier alpha value is -2.19. The zero-order chi connectivity index (χ0) is 13.0. The van der Waals surface area contributed by atoms with Crippen LogP contribution in [0.5, 0.6) is 0 Å². The fourth-order valence-corrected chi connectivity index (χ4v) is 2.43. The molecule has 0 atom stereocenters. The summed E-state index contributed by atoms with van der Waals surface area (Å²) in [5.41, 5.74) is 1.28. The van der Waals surface area contributed by atoms with Gasteiger partial charge in [0.1, 0.15) is 10.9 Å². The molecule has 2 aromatic heterocycles. The van der Waals surface area contributed by atoms with Gasteiger partial charge >= 0.3 is 5.97 Å². The van der Waals surface area contributed by atoms with Crippen molar-refractivity contribution in [3.05, 3.63) is 41.0 Å². The molecular formula is C13H10N2O2S. The molecule has 0 N–H and O–H groups in total. The maximum Gasteiger partial charge on any atom is 0.348 e. The highest BCUT2D eigenvalue weighted by Gasteiger charge is 2.12. The zero-order valence-electron chi connectivity index (χ0n) is 9.71. The van der Waals surface area contributed by atoms with Gasteiger partial charge in [0.2, 0.25) is 0 Å². The van der Waals surface area contributed by atoms with Crippen LogP contribution < -0.4 is 0 Å². The van der Waals surface area contributed by atoms with Crippen LogP contribution in [-0.4, -0.2) is 17.6 Å². The molecule has 2 aromatic rings. The lowest BCUT2D eigenvalue weighted by Crippen LogP contribution is -2.01. The van der Waals surface area contributed by atoms with E-state index in [2.05, 4.69) is 11.1 Å². The lowest BCUT2D eigenvalue weighted by Gasteiger charge is -1.99. The Morgan fingerprint density at radius 3 is 3.06 bits per heavy atom. The first-order valence-corrected chi connectivity index (χ1v) is 6.19. The zero-order valence-corrected chi connectivity index (χ0v) is 10.5. The summed E-state index contributed by atoms with van der Waals surface area (Å²) < 4.78 is 4.93. The molecular weight excluding hydrogens is 248 g/mol. The van der Waals surface area contributed by atoms with Crippen molar-refractivity contribution in [1.82, 2.24) is 4.98 Å². The number of ether oxygens (including phenoxy) is 1. The summed E-state index contributed by atoms with van der Waals surface area (Å²) in [5.74, 6) is -0.332. The molecule has 0 saturated carbocycles. The molecule has 2 rings (SSSR count). The number of nitrogens with zero attached hydrogens (tertiary/aromatic N) is 2. The molecule has 0 radical (unpaired) electrons. The van der Waals surface area contributed by atoms with Gasteiger partial charge in [-0.25, -0.2) is 4.79 Å². The van der Waals surface area contributed by atoms with E-state index in [1.54, 1.807) is 25.3 Å². The number of esters is 1. The van der Waals surface area contributed by atoms with E-state index in [9.17, 15) is 4.79 Å². The Morgan fingerprint density at radius 2 is 2.33 bits per heavy atom. The number of rotatable bonds is 3. The number of pyridine rings is 1. The third kappa shape index (κ3) is 2.39. The molecule has 0 aliphatic carbocycles. The first kappa shape index (κ1) is 12.3. The standard InChI is InChI=1S/C13H10N2O2S/c1-2-17-13(16)12-4-3-11(18-12)10-5-6-15-8-9(10)7-14/h3-6,8H,2H2,1H3.